The minimum absolute atomic E-state index is 0.993. The van der Waals surface area contributed by atoms with Gasteiger partial charge in [0, 0.05) is 84.0 Å². The van der Waals surface area contributed by atoms with Crippen LogP contribution in [0.5, 0.6) is 0 Å². The molecule has 68 heavy (non-hydrogen) atoms. The number of rotatable bonds is 0. The second-order valence-corrected chi connectivity index (χ2v) is 18.8. The minimum atomic E-state index is 0.993. The Morgan fingerprint density at radius 3 is 1.50 bits per heavy atom. The second-order valence-electron chi connectivity index (χ2n) is 18.8. The lowest BCUT2D eigenvalue weighted by Crippen LogP contribution is -1.93. The highest BCUT2D eigenvalue weighted by Gasteiger charge is 2.24. The van der Waals surface area contributed by atoms with Gasteiger partial charge in [-0.3, -0.25) is 24.9 Å². The first-order chi connectivity index (χ1) is 32.9. The number of aromatic nitrogens is 5. The Morgan fingerprint density at radius 1 is 0.309 bits per heavy atom. The van der Waals surface area contributed by atoms with E-state index in [0.29, 0.717) is 0 Å². The van der Waals surface area contributed by atoms with Gasteiger partial charge in [-0.15, -0.1) is 0 Å². The zero-order chi connectivity index (χ0) is 47.6. The van der Waals surface area contributed by atoms with E-state index in [1.807, 2.05) is 44.0 Å². The highest BCUT2D eigenvalue weighted by molar-refractivity contribution is 5.81. The summed E-state index contributed by atoms with van der Waals surface area (Å²) in [7, 11) is 0. The Hall–Kier alpha value is -7.37. The number of hydrogen-bond acceptors (Lipinski definition) is 5. The van der Waals surface area contributed by atoms with Gasteiger partial charge in [0.15, 0.2) is 0 Å². The van der Waals surface area contributed by atoms with Gasteiger partial charge in [-0.1, -0.05) is 103 Å². The van der Waals surface area contributed by atoms with E-state index < -0.39 is 0 Å². The number of pyridine rings is 5. The molecule has 0 bridgehead atoms. The van der Waals surface area contributed by atoms with Crippen molar-refractivity contribution >= 4 is 0 Å². The number of nitrogens with zero attached hydrogens (tertiary/aromatic N) is 5. The molecule has 0 saturated carbocycles. The monoisotopic (exact) mass is 887 g/mol. The predicted molar refractivity (Wildman–Crippen MR) is 282 cm³/mol. The molecule has 0 radical (unpaired) electrons. The van der Waals surface area contributed by atoms with Gasteiger partial charge in [-0.05, 0) is 182 Å². The summed E-state index contributed by atoms with van der Waals surface area (Å²) in [6.45, 7) is 21.2. The Bertz CT molecular complexity index is 3140. The standard InChI is InChI=1S/4C14H13N.C7H9N/c1-9-10(2)15-8-12-7-11-5-3-4-6-13(11)14(9)12;1-9-10(2)15-8-14-12-6-4-3-5-11(12)7-13(9)14;1-9-8-15-13-7-11-5-3-4-6-12(11)14(13)10(9)2;1-9-8-15-14-12-6-4-3-5-11(12)7-13(14)10(9)2;1-6-4-3-5-8-7(6)2/h4*3-6,8H,7H2,1-2H3;3-5H,1-2H3. The SMILES string of the molecule is Cc1cccnc1C.Cc1cnc2c(c1C)-c1ccccc1C2.Cc1cnc2c(c1C)Cc1ccccc1-2.Cc1ncc2c(c1C)-c1ccccc1C2.Cc1ncc2c(c1C)Cc1ccccc1-2. The van der Waals surface area contributed by atoms with Crippen molar-refractivity contribution < 1.29 is 0 Å². The fourth-order valence-corrected chi connectivity index (χ4v) is 9.94. The summed E-state index contributed by atoms with van der Waals surface area (Å²) >= 11 is 0. The van der Waals surface area contributed by atoms with Crippen LogP contribution in [0, 0.1) is 69.2 Å². The summed E-state index contributed by atoms with van der Waals surface area (Å²) in [6, 6.07) is 38.5. The average Bonchev–Trinajstić information content (AvgIpc) is 4.14. The fraction of sp³-hybridized carbons (Fsp3) is 0.222. The summed E-state index contributed by atoms with van der Waals surface area (Å²) in [4.78, 5) is 22.1. The number of aryl methyl sites for hydroxylation is 6. The molecular weight excluding hydrogens is 827 g/mol. The Balaban J connectivity index is 0.000000108. The first-order valence-corrected chi connectivity index (χ1v) is 23.9. The van der Waals surface area contributed by atoms with Crippen LogP contribution < -0.4 is 0 Å². The molecule has 13 rings (SSSR count). The van der Waals surface area contributed by atoms with E-state index >= 15 is 0 Å². The molecule has 4 aromatic carbocycles. The topological polar surface area (TPSA) is 64.5 Å². The minimum Gasteiger partial charge on any atom is -0.261 e. The normalized spacial score (nSPS) is 12.0. The zero-order valence-electron chi connectivity index (χ0n) is 41.3. The third-order valence-electron chi connectivity index (χ3n) is 14.6. The molecule has 0 aliphatic heterocycles. The van der Waals surface area contributed by atoms with E-state index in [1.165, 1.54) is 128 Å². The van der Waals surface area contributed by atoms with Gasteiger partial charge in [0.2, 0.25) is 0 Å². The molecule has 0 unspecified atom stereocenters. The molecule has 5 aromatic heterocycles. The van der Waals surface area contributed by atoms with Crippen molar-refractivity contribution in [3.8, 4) is 44.6 Å². The Morgan fingerprint density at radius 2 is 0.838 bits per heavy atom. The molecule has 0 amide bonds. The van der Waals surface area contributed by atoms with Crippen molar-refractivity contribution in [3.63, 3.8) is 0 Å². The molecular formula is C63H61N5. The summed E-state index contributed by atoms with van der Waals surface area (Å²) in [5.74, 6) is 0. The molecule has 0 N–H and O–H groups in total. The van der Waals surface area contributed by atoms with Gasteiger partial charge in [0.25, 0.3) is 0 Å². The molecule has 5 heterocycles. The fourth-order valence-electron chi connectivity index (χ4n) is 9.94. The van der Waals surface area contributed by atoms with Gasteiger partial charge >= 0.3 is 0 Å². The molecule has 4 aliphatic carbocycles. The lowest BCUT2D eigenvalue weighted by atomic mass is 10.0. The lowest BCUT2D eigenvalue weighted by Gasteiger charge is -2.07. The third kappa shape index (κ3) is 8.93. The Kier molecular flexibility index (Phi) is 13.1. The smallest absolute Gasteiger partial charge is 0.0743 e. The van der Waals surface area contributed by atoms with E-state index in [4.69, 9.17) is 0 Å². The summed E-state index contributed by atoms with van der Waals surface area (Å²) < 4.78 is 0. The van der Waals surface area contributed by atoms with Crippen LogP contribution in [0.1, 0.15) is 101 Å². The van der Waals surface area contributed by atoms with Crippen molar-refractivity contribution in [2.75, 3.05) is 0 Å². The Labute approximate surface area is 403 Å². The average molecular weight is 888 g/mol. The number of fused-ring (bicyclic) bond motifs is 12. The zero-order valence-corrected chi connectivity index (χ0v) is 41.3. The van der Waals surface area contributed by atoms with Crippen LogP contribution in [0.3, 0.4) is 0 Å². The second kappa shape index (κ2) is 19.5. The van der Waals surface area contributed by atoms with E-state index in [-0.39, 0.29) is 0 Å². The number of hydrogen-bond donors (Lipinski definition) is 0. The summed E-state index contributed by atoms with van der Waals surface area (Å²) in [5.41, 5.74) is 34.6. The number of benzene rings is 4. The summed E-state index contributed by atoms with van der Waals surface area (Å²) in [5, 5.41) is 0. The summed E-state index contributed by atoms with van der Waals surface area (Å²) in [6.07, 6.45) is 14.0. The largest absolute Gasteiger partial charge is 0.261 e. The molecule has 9 aromatic rings. The van der Waals surface area contributed by atoms with Crippen LogP contribution in [0.15, 0.2) is 140 Å². The van der Waals surface area contributed by atoms with Crippen molar-refractivity contribution in [3.05, 3.63) is 241 Å². The van der Waals surface area contributed by atoms with E-state index in [0.717, 1.165) is 42.8 Å². The first kappa shape index (κ1) is 45.8. The highest BCUT2D eigenvalue weighted by Crippen LogP contribution is 2.41. The molecule has 5 heteroatoms. The maximum Gasteiger partial charge on any atom is 0.0743 e. The maximum atomic E-state index is 4.56. The molecule has 0 atom stereocenters. The van der Waals surface area contributed by atoms with E-state index in [9.17, 15) is 0 Å². The van der Waals surface area contributed by atoms with Crippen molar-refractivity contribution in [2.24, 2.45) is 0 Å². The maximum absolute atomic E-state index is 4.56. The molecule has 0 fully saturated rings. The lowest BCUT2D eigenvalue weighted by molar-refractivity contribution is 1.09. The molecule has 0 spiro atoms. The van der Waals surface area contributed by atoms with Crippen molar-refractivity contribution in [2.45, 2.75) is 94.9 Å². The molecule has 4 aliphatic rings. The van der Waals surface area contributed by atoms with Crippen molar-refractivity contribution in [1.82, 2.24) is 24.9 Å². The van der Waals surface area contributed by atoms with Crippen LogP contribution >= 0.6 is 0 Å². The van der Waals surface area contributed by atoms with Gasteiger partial charge in [0.05, 0.1) is 11.4 Å². The van der Waals surface area contributed by atoms with Crippen LogP contribution in [0.2, 0.25) is 0 Å². The molecule has 338 valence electrons. The third-order valence-corrected chi connectivity index (χ3v) is 14.6. The van der Waals surface area contributed by atoms with Crippen LogP contribution in [-0.2, 0) is 25.7 Å². The van der Waals surface area contributed by atoms with E-state index in [1.54, 1.807) is 0 Å². The first-order valence-electron chi connectivity index (χ1n) is 23.9. The van der Waals surface area contributed by atoms with Gasteiger partial charge in [-0.25, -0.2) is 0 Å². The predicted octanol–water partition coefficient (Wildman–Crippen LogP) is 14.8. The molecule has 5 nitrogen and oxygen atoms in total. The van der Waals surface area contributed by atoms with Crippen LogP contribution in [0.4, 0.5) is 0 Å². The van der Waals surface area contributed by atoms with Crippen LogP contribution in [-0.4, -0.2) is 24.9 Å². The van der Waals surface area contributed by atoms with Gasteiger partial charge in [-0.2, -0.15) is 0 Å². The van der Waals surface area contributed by atoms with Gasteiger partial charge in [0.1, 0.15) is 0 Å². The van der Waals surface area contributed by atoms with Gasteiger partial charge < -0.3 is 0 Å². The molecule has 0 saturated heterocycles. The quantitative estimate of drug-likeness (QED) is 0.152. The highest BCUT2D eigenvalue weighted by atomic mass is 14.7. The van der Waals surface area contributed by atoms with E-state index in [2.05, 4.69) is 190 Å². The van der Waals surface area contributed by atoms with Crippen LogP contribution in [0.25, 0.3) is 44.6 Å². The van der Waals surface area contributed by atoms with Crippen molar-refractivity contribution in [1.29, 1.82) is 0 Å².